The molecule has 2 atom stereocenters. The molecule has 0 amide bonds. The minimum Gasteiger partial charge on any atom is -0.392 e. The molecule has 0 bridgehead atoms. The van der Waals surface area contributed by atoms with Crippen LogP contribution >= 0.6 is 11.3 Å². The van der Waals surface area contributed by atoms with Crippen LogP contribution in [0.25, 0.3) is 0 Å². The molecule has 1 aromatic heterocycles. The number of nitrogens with one attached hydrogen (secondary N) is 1. The van der Waals surface area contributed by atoms with Crippen molar-refractivity contribution in [1.82, 2.24) is 15.2 Å². The van der Waals surface area contributed by atoms with E-state index in [4.69, 9.17) is 0 Å². The Balaban J connectivity index is 1.45. The van der Waals surface area contributed by atoms with Crippen LogP contribution in [0.15, 0.2) is 11.6 Å². The van der Waals surface area contributed by atoms with Gasteiger partial charge in [-0.1, -0.05) is 0 Å². The Morgan fingerprint density at radius 1 is 1.39 bits per heavy atom. The van der Waals surface area contributed by atoms with Crippen LogP contribution < -0.4 is 10.2 Å². The highest BCUT2D eigenvalue weighted by Gasteiger charge is 2.26. The van der Waals surface area contributed by atoms with Gasteiger partial charge in [0.05, 0.1) is 6.10 Å². The van der Waals surface area contributed by atoms with Crippen molar-refractivity contribution in [1.29, 1.82) is 0 Å². The van der Waals surface area contributed by atoms with Gasteiger partial charge >= 0.3 is 0 Å². The van der Waals surface area contributed by atoms with Crippen molar-refractivity contribution in [2.75, 3.05) is 44.2 Å². The molecule has 2 saturated heterocycles. The highest BCUT2D eigenvalue weighted by atomic mass is 32.1. The molecule has 1 aromatic rings. The fourth-order valence-electron chi connectivity index (χ4n) is 2.74. The topological polar surface area (TPSA) is 51.6 Å². The van der Waals surface area contributed by atoms with Crippen molar-refractivity contribution < 1.29 is 5.11 Å². The molecule has 0 spiro atoms. The number of aromatic nitrogens is 1. The van der Waals surface area contributed by atoms with Gasteiger partial charge < -0.3 is 15.3 Å². The molecule has 2 N–H and O–H groups in total. The minimum atomic E-state index is -0.147. The van der Waals surface area contributed by atoms with E-state index in [0.29, 0.717) is 6.04 Å². The van der Waals surface area contributed by atoms with Crippen molar-refractivity contribution in [3.63, 3.8) is 0 Å². The maximum atomic E-state index is 9.50. The molecule has 2 aliphatic rings. The van der Waals surface area contributed by atoms with Gasteiger partial charge in [0, 0.05) is 56.9 Å². The summed E-state index contributed by atoms with van der Waals surface area (Å²) in [4.78, 5) is 9.20. The van der Waals surface area contributed by atoms with Crippen LogP contribution in [-0.2, 0) is 0 Å². The SMILES string of the molecule is OC1CNC(CN2CCN(c3nccs3)CC2)C1. The lowest BCUT2D eigenvalue weighted by Crippen LogP contribution is -2.49. The zero-order valence-corrected chi connectivity index (χ0v) is 11.3. The van der Waals surface area contributed by atoms with E-state index in [-0.39, 0.29) is 6.10 Å². The van der Waals surface area contributed by atoms with E-state index >= 15 is 0 Å². The number of aliphatic hydroxyl groups is 1. The van der Waals surface area contributed by atoms with Gasteiger partial charge in [-0.05, 0) is 6.42 Å². The van der Waals surface area contributed by atoms with E-state index in [0.717, 1.165) is 50.8 Å². The lowest BCUT2D eigenvalue weighted by molar-refractivity contribution is 0.185. The average Bonchev–Trinajstić information content (AvgIpc) is 3.02. The number of aliphatic hydroxyl groups excluding tert-OH is 1. The predicted octanol–water partition coefficient (Wildman–Crippen LogP) is -0.0121. The smallest absolute Gasteiger partial charge is 0.185 e. The maximum Gasteiger partial charge on any atom is 0.185 e. The van der Waals surface area contributed by atoms with Crippen LogP contribution in [0, 0.1) is 0 Å². The number of β-amino-alcohol motifs (C(OH)–C–C–N with tert-alkyl or cyclic N) is 1. The number of anilines is 1. The zero-order chi connectivity index (χ0) is 12.4. The zero-order valence-electron chi connectivity index (χ0n) is 10.5. The Hall–Kier alpha value is -0.690. The minimum absolute atomic E-state index is 0.147. The van der Waals surface area contributed by atoms with E-state index in [2.05, 4.69) is 20.1 Å². The van der Waals surface area contributed by atoms with Crippen LogP contribution in [-0.4, -0.2) is 66.4 Å². The first-order valence-electron chi connectivity index (χ1n) is 6.59. The summed E-state index contributed by atoms with van der Waals surface area (Å²) in [7, 11) is 0. The first-order chi connectivity index (χ1) is 8.81. The quantitative estimate of drug-likeness (QED) is 0.807. The molecule has 2 unspecified atom stereocenters. The molecule has 2 aliphatic heterocycles. The number of nitrogens with zero attached hydrogens (tertiary/aromatic N) is 3. The van der Waals surface area contributed by atoms with Gasteiger partial charge in [0.15, 0.2) is 5.13 Å². The summed E-state index contributed by atoms with van der Waals surface area (Å²) >= 11 is 1.71. The van der Waals surface area contributed by atoms with Crippen molar-refractivity contribution in [2.24, 2.45) is 0 Å². The second-order valence-corrected chi connectivity index (χ2v) is 5.97. The third-order valence-corrected chi connectivity index (χ3v) is 4.57. The van der Waals surface area contributed by atoms with Crippen LogP contribution in [0.3, 0.4) is 0 Å². The highest BCUT2D eigenvalue weighted by molar-refractivity contribution is 7.13. The van der Waals surface area contributed by atoms with Crippen molar-refractivity contribution in [3.05, 3.63) is 11.6 Å². The number of thiazole rings is 1. The van der Waals surface area contributed by atoms with Crippen LogP contribution in [0.2, 0.25) is 0 Å². The Bertz CT molecular complexity index is 364. The summed E-state index contributed by atoms with van der Waals surface area (Å²) < 4.78 is 0. The number of rotatable bonds is 3. The summed E-state index contributed by atoms with van der Waals surface area (Å²) in [6, 6.07) is 0.464. The van der Waals surface area contributed by atoms with Crippen LogP contribution in [0.5, 0.6) is 0 Å². The van der Waals surface area contributed by atoms with E-state index in [1.807, 2.05) is 11.6 Å². The van der Waals surface area contributed by atoms with Crippen molar-refractivity contribution in [3.8, 4) is 0 Å². The first-order valence-corrected chi connectivity index (χ1v) is 7.47. The van der Waals surface area contributed by atoms with Gasteiger partial charge in [-0.25, -0.2) is 4.98 Å². The molecule has 0 saturated carbocycles. The predicted molar refractivity (Wildman–Crippen MR) is 73.2 cm³/mol. The van der Waals surface area contributed by atoms with E-state index in [9.17, 15) is 5.11 Å². The van der Waals surface area contributed by atoms with Gasteiger partial charge in [0.1, 0.15) is 0 Å². The Morgan fingerprint density at radius 3 is 2.83 bits per heavy atom. The van der Waals surface area contributed by atoms with Gasteiger partial charge in [-0.15, -0.1) is 11.3 Å². The molecule has 100 valence electrons. The molecule has 0 aromatic carbocycles. The molecule has 6 heteroatoms. The molecule has 5 nitrogen and oxygen atoms in total. The van der Waals surface area contributed by atoms with Crippen LogP contribution in [0.4, 0.5) is 5.13 Å². The lowest BCUT2D eigenvalue weighted by Gasteiger charge is -2.35. The molecule has 0 radical (unpaired) electrons. The third kappa shape index (κ3) is 2.83. The summed E-state index contributed by atoms with van der Waals surface area (Å²) in [5, 5.41) is 16.1. The van der Waals surface area contributed by atoms with Gasteiger partial charge in [0.25, 0.3) is 0 Å². The third-order valence-electron chi connectivity index (χ3n) is 3.74. The molecular formula is C12H20N4OS. The lowest BCUT2D eigenvalue weighted by atomic mass is 10.2. The Labute approximate surface area is 111 Å². The maximum absolute atomic E-state index is 9.50. The second kappa shape index (κ2) is 5.52. The molecular weight excluding hydrogens is 248 g/mol. The molecule has 0 aliphatic carbocycles. The van der Waals surface area contributed by atoms with Crippen LogP contribution in [0.1, 0.15) is 6.42 Å². The van der Waals surface area contributed by atoms with Gasteiger partial charge in [-0.3, -0.25) is 4.90 Å². The summed E-state index contributed by atoms with van der Waals surface area (Å²) in [6.07, 6.45) is 2.62. The highest BCUT2D eigenvalue weighted by Crippen LogP contribution is 2.19. The number of hydrogen-bond donors (Lipinski definition) is 2. The van der Waals surface area contributed by atoms with Gasteiger partial charge in [-0.2, -0.15) is 0 Å². The monoisotopic (exact) mass is 268 g/mol. The van der Waals surface area contributed by atoms with Crippen molar-refractivity contribution in [2.45, 2.75) is 18.6 Å². The van der Waals surface area contributed by atoms with Crippen molar-refractivity contribution >= 4 is 16.5 Å². The molecule has 18 heavy (non-hydrogen) atoms. The second-order valence-electron chi connectivity index (χ2n) is 5.10. The fourth-order valence-corrected chi connectivity index (χ4v) is 3.44. The largest absolute Gasteiger partial charge is 0.392 e. The standard InChI is InChI=1S/C12H20N4OS/c17-11-7-10(14-8-11)9-15-2-4-16(5-3-15)12-13-1-6-18-12/h1,6,10-11,14,17H,2-5,7-9H2. The fraction of sp³-hybridized carbons (Fsp3) is 0.750. The number of piperazine rings is 1. The normalized spacial score (nSPS) is 29.9. The van der Waals surface area contributed by atoms with Gasteiger partial charge in [0.2, 0.25) is 0 Å². The molecule has 3 rings (SSSR count). The number of hydrogen-bond acceptors (Lipinski definition) is 6. The van der Waals surface area contributed by atoms with E-state index in [1.54, 1.807) is 11.3 Å². The molecule has 2 fully saturated rings. The Morgan fingerprint density at radius 2 is 2.22 bits per heavy atom. The Kier molecular flexibility index (Phi) is 3.79. The first kappa shape index (κ1) is 12.3. The van der Waals surface area contributed by atoms with E-state index in [1.165, 1.54) is 0 Å². The molecule has 3 heterocycles. The summed E-state index contributed by atoms with van der Waals surface area (Å²) in [6.45, 7) is 6.11. The summed E-state index contributed by atoms with van der Waals surface area (Å²) in [5.41, 5.74) is 0. The average molecular weight is 268 g/mol. The summed E-state index contributed by atoms with van der Waals surface area (Å²) in [5.74, 6) is 0. The van der Waals surface area contributed by atoms with E-state index < -0.39 is 0 Å².